The van der Waals surface area contributed by atoms with E-state index in [1.165, 1.54) is 12.0 Å². The maximum Gasteiger partial charge on any atom is 0.191 e. The zero-order chi connectivity index (χ0) is 18.0. The Morgan fingerprint density at radius 1 is 1.15 bits per heavy atom. The van der Waals surface area contributed by atoms with Crippen LogP contribution in [0, 0.1) is 5.82 Å². The normalized spacial score (nSPS) is 15.7. The predicted octanol–water partition coefficient (Wildman–Crippen LogP) is 3.08. The molecule has 26 heavy (non-hydrogen) atoms. The summed E-state index contributed by atoms with van der Waals surface area (Å²) < 4.78 is 23.6. The standard InChI is InChI=1S/C19H30FN3O2.HI/c1-21-18(22-11-4-12-25-14-13-24-2)23-15-19(9-3-10-19)16-5-7-17(20)8-6-16;/h5-8H,3-4,9-15H2,1-2H3,(H2,21,22,23);1H. The second kappa shape index (κ2) is 12.5. The fourth-order valence-electron chi connectivity index (χ4n) is 3.07. The van der Waals surface area contributed by atoms with Crippen LogP contribution in [0.25, 0.3) is 0 Å². The van der Waals surface area contributed by atoms with E-state index in [0.29, 0.717) is 19.8 Å². The molecule has 0 unspecified atom stereocenters. The van der Waals surface area contributed by atoms with Gasteiger partial charge in [-0.05, 0) is 37.0 Å². The number of hydrogen-bond donors (Lipinski definition) is 2. The highest BCUT2D eigenvalue weighted by Gasteiger charge is 2.38. The molecule has 2 rings (SSSR count). The second-order valence-electron chi connectivity index (χ2n) is 6.45. The van der Waals surface area contributed by atoms with E-state index in [-0.39, 0.29) is 35.2 Å². The number of halogens is 2. The molecular weight excluding hydrogens is 448 g/mol. The van der Waals surface area contributed by atoms with Crippen molar-refractivity contribution in [1.29, 1.82) is 0 Å². The maximum absolute atomic E-state index is 13.2. The second-order valence-corrected chi connectivity index (χ2v) is 6.45. The van der Waals surface area contributed by atoms with E-state index in [1.807, 2.05) is 12.1 Å². The number of rotatable bonds is 10. The van der Waals surface area contributed by atoms with Gasteiger partial charge in [0.1, 0.15) is 5.82 Å². The van der Waals surface area contributed by atoms with Crippen molar-refractivity contribution in [2.75, 3.05) is 47.1 Å². The lowest BCUT2D eigenvalue weighted by atomic mass is 9.64. The van der Waals surface area contributed by atoms with Gasteiger partial charge in [-0.3, -0.25) is 4.99 Å². The number of aliphatic imine (C=N–C) groups is 1. The molecule has 1 aromatic carbocycles. The lowest BCUT2D eigenvalue weighted by Gasteiger charge is -2.43. The van der Waals surface area contributed by atoms with Crippen molar-refractivity contribution in [2.24, 2.45) is 4.99 Å². The maximum atomic E-state index is 13.2. The Balaban J connectivity index is 0.00000338. The van der Waals surface area contributed by atoms with Crippen LogP contribution in [0.2, 0.25) is 0 Å². The summed E-state index contributed by atoms with van der Waals surface area (Å²) >= 11 is 0. The summed E-state index contributed by atoms with van der Waals surface area (Å²) in [5.74, 6) is 0.613. The molecule has 0 bridgehead atoms. The molecule has 2 N–H and O–H groups in total. The van der Waals surface area contributed by atoms with Gasteiger partial charge in [0.15, 0.2) is 5.96 Å². The van der Waals surface area contributed by atoms with Gasteiger partial charge in [0.2, 0.25) is 0 Å². The zero-order valence-corrected chi connectivity index (χ0v) is 18.1. The van der Waals surface area contributed by atoms with E-state index >= 15 is 0 Å². The Morgan fingerprint density at radius 3 is 2.46 bits per heavy atom. The van der Waals surface area contributed by atoms with Crippen molar-refractivity contribution >= 4 is 29.9 Å². The van der Waals surface area contributed by atoms with Crippen LogP contribution in [-0.2, 0) is 14.9 Å². The molecule has 5 nitrogen and oxygen atoms in total. The van der Waals surface area contributed by atoms with E-state index in [4.69, 9.17) is 9.47 Å². The first-order valence-electron chi connectivity index (χ1n) is 8.97. The number of nitrogens with one attached hydrogen (secondary N) is 2. The zero-order valence-electron chi connectivity index (χ0n) is 15.7. The summed E-state index contributed by atoms with van der Waals surface area (Å²) in [7, 11) is 3.44. The highest BCUT2D eigenvalue weighted by molar-refractivity contribution is 14.0. The third-order valence-electron chi connectivity index (χ3n) is 4.77. The smallest absolute Gasteiger partial charge is 0.191 e. The summed E-state index contributed by atoms with van der Waals surface area (Å²) in [5.41, 5.74) is 1.30. The van der Waals surface area contributed by atoms with Gasteiger partial charge < -0.3 is 20.1 Å². The van der Waals surface area contributed by atoms with Gasteiger partial charge >= 0.3 is 0 Å². The predicted molar refractivity (Wildman–Crippen MR) is 114 cm³/mol. The van der Waals surface area contributed by atoms with Gasteiger partial charge in [-0.1, -0.05) is 18.6 Å². The van der Waals surface area contributed by atoms with Crippen molar-refractivity contribution in [3.05, 3.63) is 35.6 Å². The van der Waals surface area contributed by atoms with Gasteiger partial charge in [0.25, 0.3) is 0 Å². The van der Waals surface area contributed by atoms with E-state index < -0.39 is 0 Å². The highest BCUT2D eigenvalue weighted by Crippen LogP contribution is 2.43. The average molecular weight is 479 g/mol. The Hall–Kier alpha value is -0.930. The molecule has 1 aliphatic carbocycles. The monoisotopic (exact) mass is 479 g/mol. The van der Waals surface area contributed by atoms with E-state index in [0.717, 1.165) is 38.3 Å². The lowest BCUT2D eigenvalue weighted by Crippen LogP contribution is -2.49. The van der Waals surface area contributed by atoms with Crippen LogP contribution in [-0.4, -0.2) is 53.0 Å². The van der Waals surface area contributed by atoms with Crippen molar-refractivity contribution in [2.45, 2.75) is 31.1 Å². The molecule has 0 radical (unpaired) electrons. The summed E-state index contributed by atoms with van der Waals surface area (Å²) in [6.45, 7) is 3.57. The molecule has 0 aliphatic heterocycles. The van der Waals surface area contributed by atoms with Gasteiger partial charge in [-0.2, -0.15) is 0 Å². The number of ether oxygens (including phenoxy) is 2. The molecule has 1 saturated carbocycles. The summed E-state index contributed by atoms with van der Waals surface area (Å²) in [6.07, 6.45) is 4.36. The van der Waals surface area contributed by atoms with Crippen LogP contribution in [0.3, 0.4) is 0 Å². The molecule has 1 fully saturated rings. The fraction of sp³-hybridized carbons (Fsp3) is 0.632. The van der Waals surface area contributed by atoms with Crippen molar-refractivity contribution < 1.29 is 13.9 Å². The van der Waals surface area contributed by atoms with Crippen LogP contribution in [0.15, 0.2) is 29.3 Å². The van der Waals surface area contributed by atoms with Gasteiger partial charge in [0, 0.05) is 39.3 Å². The SMILES string of the molecule is CN=C(NCCCOCCOC)NCC1(c2ccc(F)cc2)CCC1.I. The van der Waals surface area contributed by atoms with E-state index in [2.05, 4.69) is 15.6 Å². The number of guanidine groups is 1. The molecule has 7 heteroatoms. The van der Waals surface area contributed by atoms with Gasteiger partial charge in [0.05, 0.1) is 13.2 Å². The molecule has 0 atom stereocenters. The van der Waals surface area contributed by atoms with Crippen molar-refractivity contribution in [3.63, 3.8) is 0 Å². The number of benzene rings is 1. The third kappa shape index (κ3) is 7.00. The van der Waals surface area contributed by atoms with E-state index in [9.17, 15) is 4.39 Å². The van der Waals surface area contributed by atoms with Crippen LogP contribution in [0.1, 0.15) is 31.2 Å². The lowest BCUT2D eigenvalue weighted by molar-refractivity contribution is 0.0698. The molecule has 1 aromatic rings. The van der Waals surface area contributed by atoms with Crippen LogP contribution >= 0.6 is 24.0 Å². The number of methoxy groups -OCH3 is 1. The molecule has 0 aromatic heterocycles. The van der Waals surface area contributed by atoms with Crippen LogP contribution in [0.5, 0.6) is 0 Å². The Morgan fingerprint density at radius 2 is 1.88 bits per heavy atom. The van der Waals surface area contributed by atoms with Crippen LogP contribution < -0.4 is 10.6 Å². The van der Waals surface area contributed by atoms with Gasteiger partial charge in [-0.15, -0.1) is 24.0 Å². The Kier molecular flexibility index (Phi) is 11.1. The minimum Gasteiger partial charge on any atom is -0.382 e. The molecule has 1 aliphatic rings. The minimum absolute atomic E-state index is 0. The van der Waals surface area contributed by atoms with Crippen molar-refractivity contribution in [3.8, 4) is 0 Å². The topological polar surface area (TPSA) is 54.9 Å². The summed E-state index contributed by atoms with van der Waals surface area (Å²) in [6, 6.07) is 6.91. The largest absolute Gasteiger partial charge is 0.382 e. The van der Waals surface area contributed by atoms with Crippen molar-refractivity contribution in [1.82, 2.24) is 10.6 Å². The van der Waals surface area contributed by atoms with Crippen LogP contribution in [0.4, 0.5) is 4.39 Å². The Labute approximate surface area is 173 Å². The molecule has 0 spiro atoms. The first kappa shape index (κ1) is 23.1. The first-order valence-corrected chi connectivity index (χ1v) is 8.97. The molecular formula is C19H31FIN3O2. The summed E-state index contributed by atoms with van der Waals surface area (Å²) in [5, 5.41) is 6.73. The fourth-order valence-corrected chi connectivity index (χ4v) is 3.07. The number of hydrogen-bond acceptors (Lipinski definition) is 3. The average Bonchev–Trinajstić information content (AvgIpc) is 2.59. The quantitative estimate of drug-likeness (QED) is 0.235. The first-order chi connectivity index (χ1) is 12.2. The van der Waals surface area contributed by atoms with E-state index in [1.54, 1.807) is 26.3 Å². The molecule has 0 saturated heterocycles. The molecule has 0 amide bonds. The number of nitrogens with zero attached hydrogens (tertiary/aromatic N) is 1. The minimum atomic E-state index is -0.184. The summed E-state index contributed by atoms with van der Waals surface area (Å²) in [4.78, 5) is 4.28. The third-order valence-corrected chi connectivity index (χ3v) is 4.77. The molecule has 0 heterocycles. The van der Waals surface area contributed by atoms with Gasteiger partial charge in [-0.25, -0.2) is 4.39 Å². The Bertz CT molecular complexity index is 536. The molecule has 148 valence electrons. The highest BCUT2D eigenvalue weighted by atomic mass is 127.